The summed E-state index contributed by atoms with van der Waals surface area (Å²) in [5.41, 5.74) is 0. The summed E-state index contributed by atoms with van der Waals surface area (Å²) in [6.45, 7) is 0. The van der Waals surface area contributed by atoms with Gasteiger partial charge in [-0.15, -0.1) is 11.6 Å². The van der Waals surface area contributed by atoms with E-state index in [9.17, 15) is 9.50 Å². The van der Waals surface area contributed by atoms with Crippen LogP contribution in [0.1, 0.15) is 51.4 Å². The Bertz CT molecular complexity index is 218. The van der Waals surface area contributed by atoms with Gasteiger partial charge in [0.25, 0.3) is 0 Å². The second kappa shape index (κ2) is 5.68. The van der Waals surface area contributed by atoms with Crippen molar-refractivity contribution < 1.29 is 9.50 Å². The molecule has 0 aromatic heterocycles. The molecule has 2 aliphatic carbocycles. The molecule has 3 heteroatoms. The van der Waals surface area contributed by atoms with Crippen molar-refractivity contribution in [3.63, 3.8) is 0 Å². The van der Waals surface area contributed by atoms with E-state index in [1.807, 2.05) is 0 Å². The zero-order valence-corrected chi connectivity index (χ0v) is 10.5. The standard InChI is InChI=1S/C13H22ClFO/c14-12-10(6-7-11(16)13(12)15)8-9-4-2-1-3-5-9/h9-13,16H,1-8H2. The van der Waals surface area contributed by atoms with Gasteiger partial charge in [0.1, 0.15) is 6.17 Å². The minimum Gasteiger partial charge on any atom is -0.390 e. The summed E-state index contributed by atoms with van der Waals surface area (Å²) < 4.78 is 13.6. The summed E-state index contributed by atoms with van der Waals surface area (Å²) in [7, 11) is 0. The molecule has 2 aliphatic rings. The molecule has 0 aromatic rings. The Balaban J connectivity index is 1.84. The Morgan fingerprint density at radius 3 is 2.44 bits per heavy atom. The second-order valence-electron chi connectivity index (χ2n) is 5.53. The van der Waals surface area contributed by atoms with Crippen LogP contribution in [0.4, 0.5) is 4.39 Å². The van der Waals surface area contributed by atoms with Gasteiger partial charge in [0.05, 0.1) is 11.5 Å². The van der Waals surface area contributed by atoms with Gasteiger partial charge in [0.15, 0.2) is 0 Å². The van der Waals surface area contributed by atoms with Crippen LogP contribution in [-0.2, 0) is 0 Å². The molecule has 94 valence electrons. The summed E-state index contributed by atoms with van der Waals surface area (Å²) in [6.07, 6.45) is 7.09. The first kappa shape index (κ1) is 12.6. The predicted molar refractivity (Wildman–Crippen MR) is 64.5 cm³/mol. The zero-order chi connectivity index (χ0) is 11.5. The van der Waals surface area contributed by atoms with Gasteiger partial charge in [-0.25, -0.2) is 4.39 Å². The summed E-state index contributed by atoms with van der Waals surface area (Å²) >= 11 is 6.11. The Kier molecular flexibility index (Phi) is 4.48. The first-order valence-corrected chi connectivity index (χ1v) is 7.08. The molecule has 0 saturated heterocycles. The van der Waals surface area contributed by atoms with E-state index in [2.05, 4.69) is 0 Å². The van der Waals surface area contributed by atoms with Crippen molar-refractivity contribution in [3.05, 3.63) is 0 Å². The van der Waals surface area contributed by atoms with Crippen molar-refractivity contribution in [1.82, 2.24) is 0 Å². The second-order valence-corrected chi connectivity index (χ2v) is 6.04. The van der Waals surface area contributed by atoms with Gasteiger partial charge in [-0.3, -0.25) is 0 Å². The molecule has 0 spiro atoms. The van der Waals surface area contributed by atoms with E-state index in [4.69, 9.17) is 11.6 Å². The van der Waals surface area contributed by atoms with Crippen LogP contribution in [-0.4, -0.2) is 22.8 Å². The summed E-state index contributed by atoms with van der Waals surface area (Å²) in [5.74, 6) is 1.03. The van der Waals surface area contributed by atoms with E-state index < -0.39 is 17.7 Å². The van der Waals surface area contributed by atoms with E-state index in [1.165, 1.54) is 32.1 Å². The molecule has 16 heavy (non-hydrogen) atoms. The third-order valence-electron chi connectivity index (χ3n) is 4.32. The van der Waals surface area contributed by atoms with E-state index in [0.717, 1.165) is 18.8 Å². The lowest BCUT2D eigenvalue weighted by molar-refractivity contribution is 0.0222. The van der Waals surface area contributed by atoms with Crippen LogP contribution in [0, 0.1) is 11.8 Å². The minimum atomic E-state index is -1.22. The largest absolute Gasteiger partial charge is 0.390 e. The first-order valence-electron chi connectivity index (χ1n) is 6.64. The maximum atomic E-state index is 13.6. The fraction of sp³-hybridized carbons (Fsp3) is 1.00. The summed E-state index contributed by atoms with van der Waals surface area (Å²) in [6, 6.07) is 0. The average molecular weight is 249 g/mol. The number of hydrogen-bond donors (Lipinski definition) is 1. The highest BCUT2D eigenvalue weighted by molar-refractivity contribution is 6.21. The third-order valence-corrected chi connectivity index (χ3v) is 4.91. The van der Waals surface area contributed by atoms with Gasteiger partial charge >= 0.3 is 0 Å². The van der Waals surface area contributed by atoms with Crippen LogP contribution in [0.5, 0.6) is 0 Å². The van der Waals surface area contributed by atoms with Crippen LogP contribution in [0.2, 0.25) is 0 Å². The maximum Gasteiger partial charge on any atom is 0.142 e. The fourth-order valence-electron chi connectivity index (χ4n) is 3.27. The maximum absolute atomic E-state index is 13.6. The van der Waals surface area contributed by atoms with Crippen LogP contribution in [0.25, 0.3) is 0 Å². The summed E-state index contributed by atoms with van der Waals surface area (Å²) in [5, 5.41) is 8.95. The number of halogens is 2. The topological polar surface area (TPSA) is 20.2 Å². The molecule has 0 bridgehead atoms. The lowest BCUT2D eigenvalue weighted by Crippen LogP contribution is -2.41. The number of hydrogen-bond acceptors (Lipinski definition) is 1. The molecule has 4 atom stereocenters. The Morgan fingerprint density at radius 2 is 1.75 bits per heavy atom. The van der Waals surface area contributed by atoms with Crippen LogP contribution in [0.3, 0.4) is 0 Å². The van der Waals surface area contributed by atoms with Crippen molar-refractivity contribution in [1.29, 1.82) is 0 Å². The quantitative estimate of drug-likeness (QED) is 0.740. The van der Waals surface area contributed by atoms with E-state index in [0.29, 0.717) is 6.42 Å². The van der Waals surface area contributed by atoms with Gasteiger partial charge in [0.2, 0.25) is 0 Å². The average Bonchev–Trinajstić information content (AvgIpc) is 2.31. The van der Waals surface area contributed by atoms with Crippen LogP contribution >= 0.6 is 11.6 Å². The third kappa shape index (κ3) is 2.89. The fourth-order valence-corrected chi connectivity index (χ4v) is 3.67. The molecule has 0 aliphatic heterocycles. The predicted octanol–water partition coefficient (Wildman–Crippen LogP) is 3.67. The Hall–Kier alpha value is 0.180. The molecule has 1 nitrogen and oxygen atoms in total. The van der Waals surface area contributed by atoms with Crippen molar-refractivity contribution in [3.8, 4) is 0 Å². The van der Waals surface area contributed by atoms with Crippen molar-refractivity contribution in [2.75, 3.05) is 0 Å². The van der Waals surface area contributed by atoms with Gasteiger partial charge in [-0.2, -0.15) is 0 Å². The molecular formula is C13H22ClFO. The molecule has 2 rings (SSSR count). The van der Waals surface area contributed by atoms with Gasteiger partial charge < -0.3 is 5.11 Å². The van der Waals surface area contributed by atoms with E-state index in [1.54, 1.807) is 0 Å². The SMILES string of the molecule is OC1CCC(CC2CCCCC2)C(Cl)C1F. The molecule has 0 aromatic carbocycles. The zero-order valence-electron chi connectivity index (χ0n) is 9.75. The normalized spacial score (nSPS) is 42.2. The molecule has 0 heterocycles. The monoisotopic (exact) mass is 248 g/mol. The highest BCUT2D eigenvalue weighted by Gasteiger charge is 2.38. The molecule has 4 unspecified atom stereocenters. The molecule has 0 radical (unpaired) electrons. The van der Waals surface area contributed by atoms with E-state index >= 15 is 0 Å². The van der Waals surface area contributed by atoms with Crippen molar-refractivity contribution >= 4 is 11.6 Å². The van der Waals surface area contributed by atoms with Crippen molar-refractivity contribution in [2.24, 2.45) is 11.8 Å². The molecule has 2 fully saturated rings. The van der Waals surface area contributed by atoms with Crippen LogP contribution < -0.4 is 0 Å². The number of alkyl halides is 2. The minimum absolute atomic E-state index is 0.281. The molecule has 2 saturated carbocycles. The first-order chi connectivity index (χ1) is 7.68. The molecule has 0 amide bonds. The van der Waals surface area contributed by atoms with Gasteiger partial charge in [-0.05, 0) is 31.1 Å². The number of rotatable bonds is 2. The molecule has 1 N–H and O–H groups in total. The Labute approximate surface area is 102 Å². The van der Waals surface area contributed by atoms with Gasteiger partial charge in [-0.1, -0.05) is 32.1 Å². The van der Waals surface area contributed by atoms with Crippen LogP contribution in [0.15, 0.2) is 0 Å². The van der Waals surface area contributed by atoms with E-state index in [-0.39, 0.29) is 5.92 Å². The van der Waals surface area contributed by atoms with Crippen molar-refractivity contribution in [2.45, 2.75) is 69.0 Å². The summed E-state index contributed by atoms with van der Waals surface area (Å²) in [4.78, 5) is 0. The van der Waals surface area contributed by atoms with Gasteiger partial charge in [0, 0.05) is 0 Å². The molecular weight excluding hydrogens is 227 g/mol. The highest BCUT2D eigenvalue weighted by Crippen LogP contribution is 2.38. The lowest BCUT2D eigenvalue weighted by atomic mass is 9.76. The number of aliphatic hydroxyl groups excluding tert-OH is 1. The number of aliphatic hydroxyl groups is 1. The smallest absolute Gasteiger partial charge is 0.142 e. The Morgan fingerprint density at radius 1 is 1.06 bits per heavy atom. The highest BCUT2D eigenvalue weighted by atomic mass is 35.5. The lowest BCUT2D eigenvalue weighted by Gasteiger charge is -2.36.